The van der Waals surface area contributed by atoms with Crippen LogP contribution < -0.4 is 0 Å². The predicted molar refractivity (Wildman–Crippen MR) is 86.6 cm³/mol. The molecule has 116 valence electrons. The molecule has 0 aliphatic carbocycles. The van der Waals surface area contributed by atoms with Gasteiger partial charge in [-0.25, -0.2) is 0 Å². The fourth-order valence-corrected chi connectivity index (χ4v) is 3.01. The summed E-state index contributed by atoms with van der Waals surface area (Å²) in [6.07, 6.45) is 5.40. The molecule has 0 radical (unpaired) electrons. The largest absolute Gasteiger partial charge is 0.375 e. The molecular formula is C18H33NO. The van der Waals surface area contributed by atoms with Crippen molar-refractivity contribution in [2.75, 3.05) is 13.1 Å². The molecule has 20 heavy (non-hydrogen) atoms. The summed E-state index contributed by atoms with van der Waals surface area (Å²) in [6, 6.07) is 0. The van der Waals surface area contributed by atoms with E-state index in [4.69, 9.17) is 0 Å². The van der Waals surface area contributed by atoms with E-state index in [1.165, 1.54) is 18.5 Å². The van der Waals surface area contributed by atoms with Gasteiger partial charge in [0.25, 0.3) is 0 Å². The lowest BCUT2D eigenvalue weighted by molar-refractivity contribution is -0.127. The van der Waals surface area contributed by atoms with Gasteiger partial charge in [-0.3, -0.25) is 4.79 Å². The van der Waals surface area contributed by atoms with Crippen LogP contribution in [0, 0.1) is 17.3 Å². The van der Waals surface area contributed by atoms with Crippen molar-refractivity contribution in [3.8, 4) is 0 Å². The molecule has 2 nitrogen and oxygen atoms in total. The first-order chi connectivity index (χ1) is 9.29. The van der Waals surface area contributed by atoms with Crippen molar-refractivity contribution in [3.63, 3.8) is 0 Å². The van der Waals surface area contributed by atoms with Gasteiger partial charge in [-0.15, -0.1) is 0 Å². The number of hydrogen-bond donors (Lipinski definition) is 0. The van der Waals surface area contributed by atoms with Crippen LogP contribution >= 0.6 is 0 Å². The summed E-state index contributed by atoms with van der Waals surface area (Å²) >= 11 is 0. The minimum absolute atomic E-state index is 0.184. The van der Waals surface area contributed by atoms with E-state index in [-0.39, 0.29) is 5.41 Å². The quantitative estimate of drug-likeness (QED) is 0.705. The van der Waals surface area contributed by atoms with Gasteiger partial charge < -0.3 is 4.90 Å². The van der Waals surface area contributed by atoms with Crippen LogP contribution in [0.3, 0.4) is 0 Å². The number of rotatable bonds is 6. The van der Waals surface area contributed by atoms with Crippen molar-refractivity contribution in [2.45, 2.75) is 66.7 Å². The average molecular weight is 279 g/mol. The maximum atomic E-state index is 12.1. The Morgan fingerprint density at radius 1 is 1.20 bits per heavy atom. The van der Waals surface area contributed by atoms with Gasteiger partial charge in [0.15, 0.2) is 0 Å². The molecule has 0 bridgehead atoms. The predicted octanol–water partition coefficient (Wildman–Crippen LogP) is 4.65. The molecule has 1 fully saturated rings. The standard InChI is InChI=1S/C18H33NO/c1-7-16(8-2)14(3)19-11-9-15(10-12-19)13-17(20)18(4,5)6/h15-16H,3,7-13H2,1-2,4-6H3. The van der Waals surface area contributed by atoms with Crippen molar-refractivity contribution in [1.29, 1.82) is 0 Å². The SMILES string of the molecule is C=C(C(CC)CC)N1CCC(CC(=O)C(C)(C)C)CC1. The Morgan fingerprint density at radius 3 is 2.10 bits per heavy atom. The number of Topliss-reactive ketones (excluding diaryl/α,β-unsaturated/α-hetero) is 1. The number of likely N-dealkylation sites (tertiary alicyclic amines) is 1. The zero-order valence-electron chi connectivity index (χ0n) is 14.2. The fourth-order valence-electron chi connectivity index (χ4n) is 3.01. The first-order valence-corrected chi connectivity index (χ1v) is 8.26. The van der Waals surface area contributed by atoms with Crippen LogP contribution in [0.15, 0.2) is 12.3 Å². The number of nitrogens with zero attached hydrogens (tertiary/aromatic N) is 1. The van der Waals surface area contributed by atoms with Crippen LogP contribution in [0.2, 0.25) is 0 Å². The van der Waals surface area contributed by atoms with Crippen LogP contribution in [0.4, 0.5) is 0 Å². The molecule has 1 aliphatic heterocycles. The van der Waals surface area contributed by atoms with E-state index in [0.717, 1.165) is 32.4 Å². The second-order valence-electron chi connectivity index (χ2n) is 7.31. The molecule has 0 N–H and O–H groups in total. The number of piperidine rings is 1. The molecule has 1 saturated heterocycles. The molecule has 0 spiro atoms. The monoisotopic (exact) mass is 279 g/mol. The summed E-state index contributed by atoms with van der Waals surface area (Å²) in [5, 5.41) is 0. The lowest BCUT2D eigenvalue weighted by atomic mass is 9.82. The van der Waals surface area contributed by atoms with Crippen LogP contribution in [0.5, 0.6) is 0 Å². The Hall–Kier alpha value is -0.790. The minimum atomic E-state index is -0.184. The maximum absolute atomic E-state index is 12.1. The molecule has 0 atom stereocenters. The zero-order valence-corrected chi connectivity index (χ0v) is 14.2. The van der Waals surface area contributed by atoms with Crippen LogP contribution in [-0.4, -0.2) is 23.8 Å². The van der Waals surface area contributed by atoms with Crippen molar-refractivity contribution in [3.05, 3.63) is 12.3 Å². The molecule has 0 amide bonds. The molecule has 1 rings (SSSR count). The molecule has 0 saturated carbocycles. The van der Waals surface area contributed by atoms with E-state index < -0.39 is 0 Å². The van der Waals surface area contributed by atoms with Gasteiger partial charge in [0.05, 0.1) is 0 Å². The second kappa shape index (κ2) is 7.28. The number of carbonyl (C=O) groups excluding carboxylic acids is 1. The first-order valence-electron chi connectivity index (χ1n) is 8.26. The first kappa shape index (κ1) is 17.3. The van der Waals surface area contributed by atoms with E-state index >= 15 is 0 Å². The summed E-state index contributed by atoms with van der Waals surface area (Å²) in [5.74, 6) is 1.62. The topological polar surface area (TPSA) is 20.3 Å². The second-order valence-corrected chi connectivity index (χ2v) is 7.31. The lowest BCUT2D eigenvalue weighted by Crippen LogP contribution is -2.36. The third-order valence-corrected chi connectivity index (χ3v) is 4.79. The highest BCUT2D eigenvalue weighted by Crippen LogP contribution is 2.30. The summed E-state index contributed by atoms with van der Waals surface area (Å²) in [5.41, 5.74) is 1.13. The number of ketones is 1. The van der Waals surface area contributed by atoms with Gasteiger partial charge in [-0.1, -0.05) is 41.2 Å². The molecule has 2 heteroatoms. The Labute approximate surface area is 125 Å². The minimum Gasteiger partial charge on any atom is -0.375 e. The van der Waals surface area contributed by atoms with Crippen LogP contribution in [0.1, 0.15) is 66.7 Å². The van der Waals surface area contributed by atoms with Gasteiger partial charge in [-0.05, 0) is 37.5 Å². The molecule has 1 aliphatic rings. The van der Waals surface area contributed by atoms with E-state index in [2.05, 4.69) is 25.3 Å². The van der Waals surface area contributed by atoms with Crippen molar-refractivity contribution in [1.82, 2.24) is 4.90 Å². The van der Waals surface area contributed by atoms with E-state index in [0.29, 0.717) is 17.6 Å². The smallest absolute Gasteiger partial charge is 0.138 e. The summed E-state index contributed by atoms with van der Waals surface area (Å²) < 4.78 is 0. The summed E-state index contributed by atoms with van der Waals surface area (Å²) in [7, 11) is 0. The normalized spacial score (nSPS) is 17.6. The highest BCUT2D eigenvalue weighted by molar-refractivity contribution is 5.83. The van der Waals surface area contributed by atoms with Gasteiger partial charge in [0.2, 0.25) is 0 Å². The summed E-state index contributed by atoms with van der Waals surface area (Å²) in [6.45, 7) is 17.0. The molecular weight excluding hydrogens is 246 g/mol. The maximum Gasteiger partial charge on any atom is 0.138 e. The molecule has 0 aromatic rings. The van der Waals surface area contributed by atoms with Crippen LogP contribution in [-0.2, 0) is 4.79 Å². The van der Waals surface area contributed by atoms with Gasteiger partial charge in [0.1, 0.15) is 5.78 Å². The summed E-state index contributed by atoms with van der Waals surface area (Å²) in [4.78, 5) is 14.6. The third kappa shape index (κ3) is 4.64. The van der Waals surface area contributed by atoms with Gasteiger partial charge in [0, 0.05) is 30.6 Å². The Bertz CT molecular complexity index is 328. The van der Waals surface area contributed by atoms with Gasteiger partial charge in [-0.2, -0.15) is 0 Å². The highest BCUT2D eigenvalue weighted by Gasteiger charge is 2.28. The molecule has 1 heterocycles. The fraction of sp³-hybridized carbons (Fsp3) is 0.833. The number of carbonyl (C=O) groups is 1. The van der Waals surface area contributed by atoms with Crippen LogP contribution in [0.25, 0.3) is 0 Å². The Balaban J connectivity index is 2.44. The number of allylic oxidation sites excluding steroid dienone is 1. The highest BCUT2D eigenvalue weighted by atomic mass is 16.1. The van der Waals surface area contributed by atoms with Crippen molar-refractivity contribution in [2.24, 2.45) is 17.3 Å². The Morgan fingerprint density at radius 2 is 1.70 bits per heavy atom. The van der Waals surface area contributed by atoms with Gasteiger partial charge >= 0.3 is 0 Å². The van der Waals surface area contributed by atoms with E-state index in [1.807, 2.05) is 20.8 Å². The average Bonchev–Trinajstić information content (AvgIpc) is 2.39. The third-order valence-electron chi connectivity index (χ3n) is 4.79. The zero-order chi connectivity index (χ0) is 15.3. The molecule has 0 aromatic heterocycles. The van der Waals surface area contributed by atoms with Crippen molar-refractivity contribution >= 4 is 5.78 Å². The lowest BCUT2D eigenvalue weighted by Gasteiger charge is -2.37. The number of hydrogen-bond acceptors (Lipinski definition) is 2. The molecule has 0 aromatic carbocycles. The molecule has 0 unspecified atom stereocenters. The van der Waals surface area contributed by atoms with Crippen molar-refractivity contribution < 1.29 is 4.79 Å². The van der Waals surface area contributed by atoms with E-state index in [9.17, 15) is 4.79 Å². The Kier molecular flexibility index (Phi) is 6.29. The van der Waals surface area contributed by atoms with E-state index in [1.54, 1.807) is 0 Å².